The van der Waals surface area contributed by atoms with Crippen LogP contribution in [-0.2, 0) is 0 Å². The zero-order valence-electron chi connectivity index (χ0n) is 13.6. The van der Waals surface area contributed by atoms with Gasteiger partial charge in [0.2, 0.25) is 0 Å². The second kappa shape index (κ2) is 5.19. The van der Waals surface area contributed by atoms with Gasteiger partial charge in [0.25, 0.3) is 0 Å². The van der Waals surface area contributed by atoms with E-state index in [1.807, 2.05) is 6.92 Å². The van der Waals surface area contributed by atoms with Gasteiger partial charge in [0.1, 0.15) is 6.07 Å². The number of nitrogens with two attached hydrogens (primary N) is 1. The van der Waals surface area contributed by atoms with Crippen molar-refractivity contribution in [2.24, 2.45) is 34.3 Å². The van der Waals surface area contributed by atoms with E-state index >= 15 is 0 Å². The number of nitriles is 3. The predicted octanol–water partition coefficient (Wildman–Crippen LogP) is 3.40. The highest BCUT2D eigenvalue weighted by atomic mass is 14.7. The van der Waals surface area contributed by atoms with Crippen molar-refractivity contribution in [3.63, 3.8) is 0 Å². The van der Waals surface area contributed by atoms with Crippen LogP contribution in [0.25, 0.3) is 0 Å². The minimum Gasteiger partial charge on any atom is -0.399 e. The fourth-order valence-electron chi connectivity index (χ4n) is 3.79. The lowest BCUT2D eigenvalue weighted by Gasteiger charge is -2.45. The molecule has 0 unspecified atom stereocenters. The van der Waals surface area contributed by atoms with E-state index in [4.69, 9.17) is 5.73 Å². The molecule has 22 heavy (non-hydrogen) atoms. The van der Waals surface area contributed by atoms with Gasteiger partial charge in [-0.05, 0) is 35.7 Å². The summed E-state index contributed by atoms with van der Waals surface area (Å²) in [7, 11) is 0. The molecule has 114 valence electrons. The Kier molecular flexibility index (Phi) is 3.80. The highest BCUT2D eigenvalue weighted by molar-refractivity contribution is 5.56. The molecule has 0 aliphatic heterocycles. The van der Waals surface area contributed by atoms with Gasteiger partial charge in [-0.25, -0.2) is 0 Å². The van der Waals surface area contributed by atoms with E-state index in [2.05, 4.69) is 45.1 Å². The second-order valence-corrected chi connectivity index (χ2v) is 7.52. The van der Waals surface area contributed by atoms with Gasteiger partial charge in [-0.2, -0.15) is 15.8 Å². The molecule has 0 bridgehead atoms. The van der Waals surface area contributed by atoms with E-state index in [0.717, 1.165) is 18.4 Å². The maximum absolute atomic E-state index is 9.60. The third-order valence-corrected chi connectivity index (χ3v) is 5.52. The van der Waals surface area contributed by atoms with Gasteiger partial charge in [-0.1, -0.05) is 33.8 Å². The molecule has 2 aliphatic carbocycles. The lowest BCUT2D eigenvalue weighted by atomic mass is 9.56. The highest BCUT2D eigenvalue weighted by Crippen LogP contribution is 2.53. The first-order chi connectivity index (χ1) is 10.2. The lowest BCUT2D eigenvalue weighted by Crippen LogP contribution is -2.44. The third-order valence-electron chi connectivity index (χ3n) is 5.52. The first-order valence-corrected chi connectivity index (χ1v) is 7.66. The third kappa shape index (κ3) is 2.10. The van der Waals surface area contributed by atoms with Crippen molar-refractivity contribution in [1.29, 1.82) is 15.8 Å². The summed E-state index contributed by atoms with van der Waals surface area (Å²) in [5.41, 5.74) is 6.25. The smallest absolute Gasteiger partial charge is 0.187 e. The summed E-state index contributed by atoms with van der Waals surface area (Å²) in [5.74, 6) is 0.299. The quantitative estimate of drug-likeness (QED) is 0.740. The summed E-state index contributed by atoms with van der Waals surface area (Å²) in [6, 6.07) is 6.32. The fraction of sp³-hybridized carbons (Fsp3) is 0.611. The van der Waals surface area contributed by atoms with Crippen LogP contribution in [0.15, 0.2) is 22.9 Å². The number of hydrogen-bond acceptors (Lipinski definition) is 4. The fourth-order valence-corrected chi connectivity index (χ4v) is 3.79. The maximum Gasteiger partial charge on any atom is 0.187 e. The molecule has 4 nitrogen and oxygen atoms in total. The molecule has 2 rings (SSSR count). The van der Waals surface area contributed by atoms with E-state index in [1.165, 1.54) is 0 Å². The van der Waals surface area contributed by atoms with Crippen molar-refractivity contribution in [3.8, 4) is 18.2 Å². The van der Waals surface area contributed by atoms with Crippen molar-refractivity contribution in [3.05, 3.63) is 22.9 Å². The Hall–Kier alpha value is -2.25. The van der Waals surface area contributed by atoms with Crippen LogP contribution in [0.1, 0.15) is 40.5 Å². The molecule has 0 spiro atoms. The number of hydrogen-bond donors (Lipinski definition) is 1. The summed E-state index contributed by atoms with van der Waals surface area (Å²) in [6.07, 6.45) is 3.90. The number of nitrogens with zero attached hydrogens (tertiary/aromatic N) is 3. The van der Waals surface area contributed by atoms with E-state index < -0.39 is 5.41 Å². The van der Waals surface area contributed by atoms with E-state index in [0.29, 0.717) is 11.5 Å². The summed E-state index contributed by atoms with van der Waals surface area (Å²) in [4.78, 5) is 0. The highest BCUT2D eigenvalue weighted by Gasteiger charge is 2.52. The molecule has 0 fully saturated rings. The van der Waals surface area contributed by atoms with Crippen molar-refractivity contribution >= 4 is 0 Å². The number of allylic oxidation sites excluding steroid dienone is 4. The molecule has 0 amide bonds. The van der Waals surface area contributed by atoms with Crippen LogP contribution in [0, 0.1) is 62.6 Å². The molecule has 0 heterocycles. The average molecular weight is 294 g/mol. The van der Waals surface area contributed by atoms with Gasteiger partial charge in [-0.15, -0.1) is 0 Å². The van der Waals surface area contributed by atoms with Crippen molar-refractivity contribution in [2.75, 3.05) is 0 Å². The molecule has 2 aliphatic rings. The van der Waals surface area contributed by atoms with E-state index in [1.54, 1.807) is 0 Å². The summed E-state index contributed by atoms with van der Waals surface area (Å²) < 4.78 is 0. The van der Waals surface area contributed by atoms with Crippen LogP contribution < -0.4 is 5.73 Å². The van der Waals surface area contributed by atoms with Gasteiger partial charge in [0.15, 0.2) is 5.41 Å². The van der Waals surface area contributed by atoms with Gasteiger partial charge in [0, 0.05) is 5.92 Å². The Bertz CT molecular complexity index is 656. The molecule has 0 aromatic rings. The zero-order valence-corrected chi connectivity index (χ0v) is 13.6. The minimum atomic E-state index is -1.40. The molecule has 2 N–H and O–H groups in total. The maximum atomic E-state index is 9.60. The summed E-state index contributed by atoms with van der Waals surface area (Å²) in [5, 5.41) is 28.7. The molecule has 0 aromatic carbocycles. The Labute approximate surface area is 132 Å². The van der Waals surface area contributed by atoms with Crippen molar-refractivity contribution in [2.45, 2.75) is 40.5 Å². The Morgan fingerprint density at radius 3 is 2.27 bits per heavy atom. The minimum absolute atomic E-state index is 0.0409. The topological polar surface area (TPSA) is 97.4 Å². The van der Waals surface area contributed by atoms with Crippen LogP contribution in [0.4, 0.5) is 0 Å². The van der Waals surface area contributed by atoms with Crippen molar-refractivity contribution < 1.29 is 0 Å². The molecular formula is C18H22N4. The molecule has 0 saturated heterocycles. The number of fused-ring (bicyclic) bond motifs is 1. The first kappa shape index (κ1) is 16.1. The SMILES string of the molecule is C[C@@H]1[C@H]2C[C@H](C(C)(C)C)CC=C2C(C#N)=C(N)C1(C#N)C#N. The standard InChI is InChI=1S/C18H22N4/c1-11-14-7-12(17(2,3)4)5-6-13(14)15(8-19)16(22)18(11,9-20)10-21/h6,11-12,14H,5,7,22H2,1-4H3/t11-,12-,14-/m1/s1. The van der Waals surface area contributed by atoms with Gasteiger partial charge in [-0.3, -0.25) is 0 Å². The molecular weight excluding hydrogens is 272 g/mol. The van der Waals surface area contributed by atoms with Gasteiger partial charge < -0.3 is 5.73 Å². The Morgan fingerprint density at radius 2 is 1.82 bits per heavy atom. The second-order valence-electron chi connectivity index (χ2n) is 7.52. The van der Waals surface area contributed by atoms with Gasteiger partial charge in [0.05, 0.1) is 23.4 Å². The Balaban J connectivity index is 2.62. The van der Waals surface area contributed by atoms with E-state index in [-0.39, 0.29) is 22.9 Å². The van der Waals surface area contributed by atoms with Crippen LogP contribution in [0.5, 0.6) is 0 Å². The predicted molar refractivity (Wildman–Crippen MR) is 83.4 cm³/mol. The van der Waals surface area contributed by atoms with Gasteiger partial charge >= 0.3 is 0 Å². The lowest BCUT2D eigenvalue weighted by molar-refractivity contribution is 0.151. The molecule has 0 aromatic heterocycles. The van der Waals surface area contributed by atoms with Crippen LogP contribution >= 0.6 is 0 Å². The van der Waals surface area contributed by atoms with Crippen LogP contribution in [0.3, 0.4) is 0 Å². The molecule has 0 radical (unpaired) electrons. The summed E-state index contributed by atoms with van der Waals surface area (Å²) in [6.45, 7) is 8.54. The first-order valence-electron chi connectivity index (χ1n) is 7.66. The van der Waals surface area contributed by atoms with Crippen LogP contribution in [0.2, 0.25) is 0 Å². The Morgan fingerprint density at radius 1 is 1.23 bits per heavy atom. The molecule has 3 atom stereocenters. The molecule has 0 saturated carbocycles. The van der Waals surface area contributed by atoms with E-state index in [9.17, 15) is 15.8 Å². The van der Waals surface area contributed by atoms with Crippen molar-refractivity contribution in [1.82, 2.24) is 0 Å². The normalized spacial score (nSPS) is 30.4. The zero-order chi connectivity index (χ0) is 16.7. The van der Waals surface area contributed by atoms with Crippen LogP contribution in [-0.4, -0.2) is 0 Å². The molecule has 4 heteroatoms. The summed E-state index contributed by atoms with van der Waals surface area (Å²) >= 11 is 0. The average Bonchev–Trinajstić information content (AvgIpc) is 2.48. The monoisotopic (exact) mass is 294 g/mol. The largest absolute Gasteiger partial charge is 0.399 e. The number of rotatable bonds is 0.